The average molecular weight is 325 g/mol. The lowest BCUT2D eigenvalue weighted by molar-refractivity contribution is 0.0720. The van der Waals surface area contributed by atoms with E-state index < -0.39 is 5.97 Å². The monoisotopic (exact) mass is 325 g/mol. The maximum absolute atomic E-state index is 13.0. The quantitative estimate of drug-likeness (QED) is 0.546. The van der Waals surface area contributed by atoms with E-state index in [1.807, 2.05) is 26.0 Å². The summed E-state index contributed by atoms with van der Waals surface area (Å²) in [4.78, 5) is 16.4. The molecule has 0 spiro atoms. The van der Waals surface area contributed by atoms with Gasteiger partial charge in [0, 0.05) is 0 Å². The number of carbonyl (C=O) groups is 1. The number of rotatable bonds is 3. The lowest BCUT2D eigenvalue weighted by atomic mass is 10.1. The van der Waals surface area contributed by atoms with E-state index in [4.69, 9.17) is 4.74 Å². The molecule has 0 aliphatic rings. The molecule has 0 aliphatic carbocycles. The minimum atomic E-state index is -0.633. The van der Waals surface area contributed by atoms with Crippen molar-refractivity contribution in [3.8, 4) is 11.4 Å². The summed E-state index contributed by atoms with van der Waals surface area (Å²) in [5.41, 5.74) is 2.56. The topological polar surface area (TPSA) is 57.0 Å². The van der Waals surface area contributed by atoms with Crippen molar-refractivity contribution in [2.45, 2.75) is 20.8 Å². The maximum Gasteiger partial charge on any atom is 0.383 e. The molecule has 0 bridgehead atoms. The number of esters is 1. The highest BCUT2D eigenvalue weighted by Crippen LogP contribution is 2.20. The van der Waals surface area contributed by atoms with E-state index >= 15 is 0 Å². The van der Waals surface area contributed by atoms with Gasteiger partial charge in [0.25, 0.3) is 5.82 Å². The normalized spacial score (nSPS) is 10.7. The third kappa shape index (κ3) is 3.17. The Morgan fingerprint density at radius 3 is 2.46 bits per heavy atom. The van der Waals surface area contributed by atoms with Gasteiger partial charge in [-0.05, 0) is 56.7 Å². The van der Waals surface area contributed by atoms with Gasteiger partial charge in [-0.1, -0.05) is 17.7 Å². The van der Waals surface area contributed by atoms with Gasteiger partial charge in [-0.15, -0.1) is 5.10 Å². The molecule has 0 unspecified atom stereocenters. The highest BCUT2D eigenvalue weighted by molar-refractivity contribution is 5.87. The molecule has 0 amide bonds. The van der Waals surface area contributed by atoms with E-state index in [1.165, 1.54) is 16.8 Å². The van der Waals surface area contributed by atoms with E-state index in [-0.39, 0.29) is 11.6 Å². The highest BCUT2D eigenvalue weighted by Gasteiger charge is 2.18. The summed E-state index contributed by atoms with van der Waals surface area (Å²) in [6, 6.07) is 11.3. The number of hydrogen-bond acceptors (Lipinski definition) is 4. The third-order valence-corrected chi connectivity index (χ3v) is 3.56. The summed E-state index contributed by atoms with van der Waals surface area (Å²) < 4.78 is 19.9. The molecule has 6 heteroatoms. The summed E-state index contributed by atoms with van der Waals surface area (Å²) in [5, 5.41) is 4.16. The summed E-state index contributed by atoms with van der Waals surface area (Å²) in [7, 11) is 0. The smallest absolute Gasteiger partial charge is 0.383 e. The van der Waals surface area contributed by atoms with Crippen LogP contribution < -0.4 is 4.74 Å². The molecule has 5 nitrogen and oxygen atoms in total. The lowest BCUT2D eigenvalue weighted by Gasteiger charge is -2.06. The van der Waals surface area contributed by atoms with E-state index in [1.54, 1.807) is 25.1 Å². The molecule has 0 saturated carbocycles. The number of nitrogens with zero attached hydrogens (tertiary/aromatic N) is 3. The fourth-order valence-corrected chi connectivity index (χ4v) is 2.36. The van der Waals surface area contributed by atoms with Crippen LogP contribution in [0.3, 0.4) is 0 Å². The summed E-state index contributed by atoms with van der Waals surface area (Å²) in [5.74, 6) is -0.0377. The molecule has 1 aromatic heterocycles. The van der Waals surface area contributed by atoms with Crippen LogP contribution in [0.4, 0.5) is 4.39 Å². The van der Waals surface area contributed by atoms with Crippen LogP contribution >= 0.6 is 0 Å². The third-order valence-electron chi connectivity index (χ3n) is 3.56. The predicted octanol–water partition coefficient (Wildman–Crippen LogP) is 3.55. The molecular weight excluding hydrogens is 309 g/mol. The molecule has 0 fully saturated rings. The van der Waals surface area contributed by atoms with E-state index in [0.29, 0.717) is 17.3 Å². The van der Waals surface area contributed by atoms with Gasteiger partial charge in [0.05, 0.1) is 5.69 Å². The zero-order valence-corrected chi connectivity index (χ0v) is 13.6. The average Bonchev–Trinajstić information content (AvgIpc) is 2.93. The first-order chi connectivity index (χ1) is 11.4. The fourth-order valence-electron chi connectivity index (χ4n) is 2.36. The lowest BCUT2D eigenvalue weighted by Crippen LogP contribution is -2.12. The van der Waals surface area contributed by atoms with Gasteiger partial charge in [-0.3, -0.25) is 0 Å². The Kier molecular flexibility index (Phi) is 4.12. The Labute approximate surface area is 138 Å². The molecule has 3 aromatic rings. The van der Waals surface area contributed by atoms with Crippen molar-refractivity contribution in [3.63, 3.8) is 0 Å². The van der Waals surface area contributed by atoms with Crippen LogP contribution in [0.2, 0.25) is 0 Å². The molecular formula is C18H16FN3O2. The van der Waals surface area contributed by atoms with Crippen molar-refractivity contribution in [1.29, 1.82) is 0 Å². The second-order valence-electron chi connectivity index (χ2n) is 5.53. The first-order valence-corrected chi connectivity index (χ1v) is 7.43. The summed E-state index contributed by atoms with van der Waals surface area (Å²) in [6.07, 6.45) is 0. The number of aromatic nitrogens is 3. The number of carbonyl (C=O) groups excluding carboxylic acids is 1. The minimum Gasteiger partial charge on any atom is -0.420 e. The molecule has 3 rings (SSSR count). The van der Waals surface area contributed by atoms with Crippen molar-refractivity contribution in [2.24, 2.45) is 0 Å². The van der Waals surface area contributed by atoms with Crippen LogP contribution in [0.15, 0.2) is 42.5 Å². The van der Waals surface area contributed by atoms with E-state index in [0.717, 1.165) is 11.1 Å². The standard InChI is InChI=1S/C18H16FN3O2/c1-11-4-9-16(12(2)10-11)24-18(23)17-20-13(3)22(21-17)15-7-5-14(19)6-8-15/h4-10H,1-3H3. The van der Waals surface area contributed by atoms with Crippen molar-refractivity contribution in [2.75, 3.05) is 0 Å². The molecule has 0 atom stereocenters. The second-order valence-corrected chi connectivity index (χ2v) is 5.53. The minimum absolute atomic E-state index is 0.0446. The molecule has 24 heavy (non-hydrogen) atoms. The van der Waals surface area contributed by atoms with Gasteiger partial charge < -0.3 is 4.74 Å². The Hall–Kier alpha value is -3.02. The Balaban J connectivity index is 1.86. The van der Waals surface area contributed by atoms with Crippen molar-refractivity contribution >= 4 is 5.97 Å². The van der Waals surface area contributed by atoms with Crippen LogP contribution in [0, 0.1) is 26.6 Å². The molecule has 0 aliphatic heterocycles. The maximum atomic E-state index is 13.0. The van der Waals surface area contributed by atoms with Crippen molar-refractivity contribution < 1.29 is 13.9 Å². The van der Waals surface area contributed by atoms with Gasteiger partial charge in [0.15, 0.2) is 0 Å². The van der Waals surface area contributed by atoms with Gasteiger partial charge in [-0.25, -0.2) is 18.9 Å². The Bertz CT molecular complexity index is 901. The van der Waals surface area contributed by atoms with Gasteiger partial charge in [-0.2, -0.15) is 0 Å². The van der Waals surface area contributed by atoms with Gasteiger partial charge >= 0.3 is 5.97 Å². The van der Waals surface area contributed by atoms with Crippen LogP contribution in [0.25, 0.3) is 5.69 Å². The van der Waals surface area contributed by atoms with Crippen LogP contribution in [0.5, 0.6) is 5.75 Å². The molecule has 0 saturated heterocycles. The summed E-state index contributed by atoms with van der Waals surface area (Å²) in [6.45, 7) is 5.55. The molecule has 0 N–H and O–H groups in total. The highest BCUT2D eigenvalue weighted by atomic mass is 19.1. The van der Waals surface area contributed by atoms with Crippen molar-refractivity contribution in [3.05, 3.63) is 71.1 Å². The zero-order valence-electron chi connectivity index (χ0n) is 13.6. The van der Waals surface area contributed by atoms with Crippen LogP contribution in [0.1, 0.15) is 27.6 Å². The van der Waals surface area contributed by atoms with Gasteiger partial charge in [0.1, 0.15) is 17.4 Å². The predicted molar refractivity (Wildman–Crippen MR) is 86.9 cm³/mol. The molecule has 122 valence electrons. The van der Waals surface area contributed by atoms with Gasteiger partial charge in [0.2, 0.25) is 0 Å². The second kappa shape index (κ2) is 6.23. The number of ether oxygens (including phenoxy) is 1. The first-order valence-electron chi connectivity index (χ1n) is 7.43. The Morgan fingerprint density at radius 1 is 1.08 bits per heavy atom. The number of halogens is 1. The largest absolute Gasteiger partial charge is 0.420 e. The van der Waals surface area contributed by atoms with E-state index in [9.17, 15) is 9.18 Å². The fraction of sp³-hybridized carbons (Fsp3) is 0.167. The first kappa shape index (κ1) is 15.9. The number of benzene rings is 2. The summed E-state index contributed by atoms with van der Waals surface area (Å²) >= 11 is 0. The van der Waals surface area contributed by atoms with Crippen LogP contribution in [-0.4, -0.2) is 20.7 Å². The zero-order chi connectivity index (χ0) is 17.3. The molecule has 1 heterocycles. The van der Waals surface area contributed by atoms with Crippen molar-refractivity contribution in [1.82, 2.24) is 14.8 Å². The van der Waals surface area contributed by atoms with Crippen LogP contribution in [-0.2, 0) is 0 Å². The molecule has 0 radical (unpaired) electrons. The SMILES string of the molecule is Cc1ccc(OC(=O)c2nc(C)n(-c3ccc(F)cc3)n2)c(C)c1. The van der Waals surface area contributed by atoms with E-state index in [2.05, 4.69) is 10.1 Å². The number of aryl methyl sites for hydroxylation is 3. The molecule has 2 aromatic carbocycles. The number of hydrogen-bond donors (Lipinski definition) is 0. The Morgan fingerprint density at radius 2 is 1.79 bits per heavy atom.